The Hall–Kier alpha value is -2.35. The van der Waals surface area contributed by atoms with Crippen molar-refractivity contribution in [3.8, 4) is 0 Å². The van der Waals surface area contributed by atoms with Crippen molar-refractivity contribution >= 4 is 17.9 Å². The number of carbonyl (C=O) groups excluding carboxylic acids is 1. The van der Waals surface area contributed by atoms with E-state index in [-0.39, 0.29) is 5.78 Å². The average molecular weight is 278 g/mol. The van der Waals surface area contributed by atoms with Crippen LogP contribution in [0, 0.1) is 6.92 Å². The van der Waals surface area contributed by atoms with Crippen LogP contribution in [-0.2, 0) is 4.79 Å². The summed E-state index contributed by atoms with van der Waals surface area (Å²) in [4.78, 5) is 12.6. The minimum atomic E-state index is 0.152. The Morgan fingerprint density at radius 2 is 1.67 bits per heavy atom. The van der Waals surface area contributed by atoms with Crippen LogP contribution in [-0.4, -0.2) is 5.78 Å². The Morgan fingerprint density at radius 1 is 0.952 bits per heavy atom. The van der Waals surface area contributed by atoms with Gasteiger partial charge < -0.3 is 4.42 Å². The zero-order chi connectivity index (χ0) is 14.7. The summed E-state index contributed by atoms with van der Waals surface area (Å²) in [6.45, 7) is 1.91. The van der Waals surface area contributed by atoms with Gasteiger partial charge >= 0.3 is 0 Å². The molecular formula is C19H18O2. The maximum Gasteiger partial charge on any atom is 0.185 e. The van der Waals surface area contributed by atoms with Crippen LogP contribution in [0.25, 0.3) is 12.2 Å². The number of aryl methyl sites for hydroxylation is 1. The third-order valence-electron chi connectivity index (χ3n) is 3.69. The topological polar surface area (TPSA) is 30.2 Å². The molecule has 0 spiro atoms. The van der Waals surface area contributed by atoms with Gasteiger partial charge in [-0.15, -0.1) is 0 Å². The highest BCUT2D eigenvalue weighted by molar-refractivity contribution is 6.13. The molecule has 0 atom stereocenters. The van der Waals surface area contributed by atoms with Gasteiger partial charge in [0.25, 0.3) is 0 Å². The molecule has 1 fully saturated rings. The summed E-state index contributed by atoms with van der Waals surface area (Å²) in [6, 6.07) is 13.8. The van der Waals surface area contributed by atoms with Gasteiger partial charge in [-0.2, -0.15) is 0 Å². The first-order valence-corrected chi connectivity index (χ1v) is 7.30. The first-order chi connectivity index (χ1) is 10.2. The fraction of sp³-hybridized carbons (Fsp3) is 0.211. The summed E-state index contributed by atoms with van der Waals surface area (Å²) >= 11 is 0. The second-order valence-corrected chi connectivity index (χ2v) is 5.38. The van der Waals surface area contributed by atoms with Crippen molar-refractivity contribution < 1.29 is 9.21 Å². The van der Waals surface area contributed by atoms with Gasteiger partial charge in [-0.3, -0.25) is 4.79 Å². The van der Waals surface area contributed by atoms with Crippen molar-refractivity contribution in [2.24, 2.45) is 0 Å². The van der Waals surface area contributed by atoms with Crippen LogP contribution < -0.4 is 0 Å². The second kappa shape index (κ2) is 5.96. The molecule has 106 valence electrons. The number of allylic oxidation sites excluding steroid dienone is 2. The van der Waals surface area contributed by atoms with Crippen molar-refractivity contribution in [2.75, 3.05) is 0 Å². The van der Waals surface area contributed by atoms with Gasteiger partial charge in [0.2, 0.25) is 0 Å². The highest BCUT2D eigenvalue weighted by Crippen LogP contribution is 2.28. The highest BCUT2D eigenvalue weighted by Gasteiger charge is 2.20. The molecule has 1 aliphatic rings. The molecule has 0 saturated heterocycles. The number of benzene rings is 1. The molecular weight excluding hydrogens is 260 g/mol. The summed E-state index contributed by atoms with van der Waals surface area (Å²) in [5.41, 5.74) is 2.82. The van der Waals surface area contributed by atoms with E-state index < -0.39 is 0 Å². The Labute approximate surface area is 124 Å². The first-order valence-electron chi connectivity index (χ1n) is 7.30. The summed E-state index contributed by atoms with van der Waals surface area (Å²) < 4.78 is 5.54. The molecule has 2 heteroatoms. The number of hydrogen-bond acceptors (Lipinski definition) is 2. The third-order valence-corrected chi connectivity index (χ3v) is 3.69. The van der Waals surface area contributed by atoms with Crippen LogP contribution in [0.1, 0.15) is 36.3 Å². The molecule has 3 rings (SSSR count). The van der Waals surface area contributed by atoms with E-state index in [1.165, 1.54) is 0 Å². The number of furan rings is 1. The SMILES string of the molecule is Cc1ccc(/C=C2\CCC/C(=C\c3ccccc3)C2=O)o1. The van der Waals surface area contributed by atoms with Crippen molar-refractivity contribution in [2.45, 2.75) is 26.2 Å². The molecule has 1 saturated carbocycles. The molecule has 2 aromatic rings. The Balaban J connectivity index is 1.87. The normalized spacial score (nSPS) is 19.4. The molecule has 2 nitrogen and oxygen atoms in total. The van der Waals surface area contributed by atoms with E-state index in [1.54, 1.807) is 0 Å². The van der Waals surface area contributed by atoms with Crippen molar-refractivity contribution in [1.29, 1.82) is 0 Å². The zero-order valence-corrected chi connectivity index (χ0v) is 12.1. The largest absolute Gasteiger partial charge is 0.462 e. The average Bonchev–Trinajstić information content (AvgIpc) is 2.90. The number of ketones is 1. The number of Topliss-reactive ketones (excluding diaryl/α,β-unsaturated/α-hetero) is 1. The first kappa shape index (κ1) is 13.6. The number of hydrogen-bond donors (Lipinski definition) is 0. The van der Waals surface area contributed by atoms with E-state index >= 15 is 0 Å². The predicted molar refractivity (Wildman–Crippen MR) is 84.7 cm³/mol. The lowest BCUT2D eigenvalue weighted by Gasteiger charge is -2.16. The molecule has 0 N–H and O–H groups in total. The smallest absolute Gasteiger partial charge is 0.185 e. The lowest BCUT2D eigenvalue weighted by atomic mass is 9.87. The van der Waals surface area contributed by atoms with Crippen LogP contribution in [0.3, 0.4) is 0 Å². The van der Waals surface area contributed by atoms with Crippen LogP contribution in [0.4, 0.5) is 0 Å². The van der Waals surface area contributed by atoms with E-state index in [0.29, 0.717) is 0 Å². The fourth-order valence-electron chi connectivity index (χ4n) is 2.63. The van der Waals surface area contributed by atoms with Gasteiger partial charge in [0, 0.05) is 11.1 Å². The van der Waals surface area contributed by atoms with Crippen LogP contribution in [0.5, 0.6) is 0 Å². The second-order valence-electron chi connectivity index (χ2n) is 5.38. The van der Waals surface area contributed by atoms with Gasteiger partial charge in [-0.1, -0.05) is 30.3 Å². The van der Waals surface area contributed by atoms with Gasteiger partial charge in [0.15, 0.2) is 5.78 Å². The van der Waals surface area contributed by atoms with Gasteiger partial charge in [0.05, 0.1) is 0 Å². The molecule has 1 aromatic heterocycles. The zero-order valence-electron chi connectivity index (χ0n) is 12.1. The van der Waals surface area contributed by atoms with E-state index in [2.05, 4.69) is 0 Å². The van der Waals surface area contributed by atoms with Gasteiger partial charge in [0.1, 0.15) is 11.5 Å². The molecule has 0 amide bonds. The van der Waals surface area contributed by atoms with Crippen molar-refractivity contribution in [3.05, 3.63) is 70.7 Å². The molecule has 1 heterocycles. The summed E-state index contributed by atoms with van der Waals surface area (Å²) in [5.74, 6) is 1.78. The molecule has 0 aliphatic heterocycles. The Morgan fingerprint density at radius 3 is 2.33 bits per heavy atom. The minimum Gasteiger partial charge on any atom is -0.462 e. The molecule has 1 aliphatic carbocycles. The molecule has 0 unspecified atom stereocenters. The Bertz CT molecular complexity index is 702. The minimum absolute atomic E-state index is 0.152. The van der Waals surface area contributed by atoms with E-state index in [4.69, 9.17) is 4.42 Å². The maximum atomic E-state index is 12.6. The van der Waals surface area contributed by atoms with Gasteiger partial charge in [-0.05, 0) is 56.0 Å². The molecule has 0 bridgehead atoms. The van der Waals surface area contributed by atoms with Crippen LogP contribution in [0.2, 0.25) is 0 Å². The van der Waals surface area contributed by atoms with Crippen molar-refractivity contribution in [3.63, 3.8) is 0 Å². The summed E-state index contributed by atoms with van der Waals surface area (Å²) in [6.07, 6.45) is 6.57. The third kappa shape index (κ3) is 3.22. The lowest BCUT2D eigenvalue weighted by molar-refractivity contribution is -0.112. The fourth-order valence-corrected chi connectivity index (χ4v) is 2.63. The molecule has 21 heavy (non-hydrogen) atoms. The standard InChI is InChI=1S/C19H18O2/c1-14-10-11-18(21-14)13-17-9-5-8-16(19(17)20)12-15-6-3-2-4-7-15/h2-4,6-7,10-13H,5,8-9H2,1H3/b16-12+,17-13+. The summed E-state index contributed by atoms with van der Waals surface area (Å²) in [5, 5.41) is 0. The summed E-state index contributed by atoms with van der Waals surface area (Å²) in [7, 11) is 0. The van der Waals surface area contributed by atoms with E-state index in [1.807, 2.05) is 61.5 Å². The van der Waals surface area contributed by atoms with E-state index in [0.717, 1.165) is 47.5 Å². The highest BCUT2D eigenvalue weighted by atomic mass is 16.3. The lowest BCUT2D eigenvalue weighted by Crippen LogP contribution is -2.12. The van der Waals surface area contributed by atoms with E-state index in [9.17, 15) is 4.79 Å². The monoisotopic (exact) mass is 278 g/mol. The number of carbonyl (C=O) groups is 1. The van der Waals surface area contributed by atoms with Crippen molar-refractivity contribution in [1.82, 2.24) is 0 Å². The van der Waals surface area contributed by atoms with Gasteiger partial charge in [-0.25, -0.2) is 0 Å². The van der Waals surface area contributed by atoms with Crippen LogP contribution >= 0.6 is 0 Å². The predicted octanol–water partition coefficient (Wildman–Crippen LogP) is 4.81. The van der Waals surface area contributed by atoms with Crippen LogP contribution in [0.15, 0.2) is 58.0 Å². The molecule has 1 aromatic carbocycles. The number of rotatable bonds is 2. The Kier molecular flexibility index (Phi) is 3.87. The maximum absolute atomic E-state index is 12.6. The molecule has 0 radical (unpaired) electrons. The quantitative estimate of drug-likeness (QED) is 0.738.